The first-order valence-corrected chi connectivity index (χ1v) is 3.33. The molecule has 3 N–H and O–H groups in total. The summed E-state index contributed by atoms with van der Waals surface area (Å²) in [6.07, 6.45) is 3.78. The molecule has 2 rings (SSSR count). The van der Waals surface area contributed by atoms with Crippen LogP contribution in [0.1, 0.15) is 19.3 Å². The first-order chi connectivity index (χ1) is 3.81. The monoisotopic (exact) mass is 112 g/mol. The summed E-state index contributed by atoms with van der Waals surface area (Å²) in [6.45, 7) is 1.18. The van der Waals surface area contributed by atoms with Crippen molar-refractivity contribution >= 4 is 0 Å². The van der Waals surface area contributed by atoms with Crippen LogP contribution in [0, 0.1) is 0 Å². The smallest absolute Gasteiger partial charge is 0.0311 e. The van der Waals surface area contributed by atoms with E-state index in [1.54, 1.807) is 0 Å². The summed E-state index contributed by atoms with van der Waals surface area (Å²) >= 11 is 0. The van der Waals surface area contributed by atoms with Crippen LogP contribution in [0.25, 0.3) is 0 Å². The minimum absolute atomic E-state index is 0.234. The molecule has 2 fully saturated rings. The van der Waals surface area contributed by atoms with Crippen LogP contribution in [0.3, 0.4) is 0 Å². The molecule has 0 spiro atoms. The summed E-state index contributed by atoms with van der Waals surface area (Å²) in [5.74, 6) is 0. The number of rotatable bonds is 1. The molecule has 0 aromatic heterocycles. The molecule has 1 atom stereocenters. The van der Waals surface area contributed by atoms with Gasteiger partial charge in [0, 0.05) is 11.6 Å². The fourth-order valence-corrected chi connectivity index (χ4v) is 1.27. The molecule has 1 unspecified atom stereocenters. The lowest BCUT2D eigenvalue weighted by Gasteiger charge is -2.32. The summed E-state index contributed by atoms with van der Waals surface area (Å²) in [7, 11) is 0. The van der Waals surface area contributed by atoms with E-state index in [1.165, 1.54) is 25.8 Å². The van der Waals surface area contributed by atoms with Gasteiger partial charge in [-0.15, -0.1) is 0 Å². The lowest BCUT2D eigenvalue weighted by atomic mass is 9.97. The first-order valence-electron chi connectivity index (χ1n) is 3.33. The Hall–Kier alpha value is -0.0800. The number of nitrogens with one attached hydrogen (secondary N) is 1. The van der Waals surface area contributed by atoms with Crippen LogP contribution in [0.15, 0.2) is 0 Å². The summed E-state index contributed by atoms with van der Waals surface area (Å²) < 4.78 is 0. The van der Waals surface area contributed by atoms with Gasteiger partial charge in [-0.1, -0.05) is 0 Å². The van der Waals surface area contributed by atoms with E-state index in [4.69, 9.17) is 5.73 Å². The molecular weight excluding hydrogens is 100 g/mol. The highest BCUT2D eigenvalue weighted by Crippen LogP contribution is 2.38. The van der Waals surface area contributed by atoms with Crippen molar-refractivity contribution in [1.82, 2.24) is 5.32 Å². The Bertz CT molecular complexity index is 103. The van der Waals surface area contributed by atoms with Gasteiger partial charge in [0.2, 0.25) is 0 Å². The average Bonchev–Trinajstić information content (AvgIpc) is 2.12. The lowest BCUT2D eigenvalue weighted by molar-refractivity contribution is 0.303. The van der Waals surface area contributed by atoms with Crippen molar-refractivity contribution in [2.45, 2.75) is 30.8 Å². The highest BCUT2D eigenvalue weighted by molar-refractivity contribution is 5.10. The third-order valence-corrected chi connectivity index (χ3v) is 2.35. The molecule has 0 bridgehead atoms. The molecule has 0 radical (unpaired) electrons. The highest BCUT2D eigenvalue weighted by Gasteiger charge is 2.47. The zero-order chi connectivity index (χ0) is 5.61. The van der Waals surface area contributed by atoms with Crippen molar-refractivity contribution < 1.29 is 0 Å². The molecule has 1 saturated carbocycles. The van der Waals surface area contributed by atoms with Crippen LogP contribution >= 0.6 is 0 Å². The zero-order valence-electron chi connectivity index (χ0n) is 4.98. The van der Waals surface area contributed by atoms with Gasteiger partial charge in [0.1, 0.15) is 0 Å². The molecule has 0 aromatic rings. The van der Waals surface area contributed by atoms with E-state index in [0.29, 0.717) is 6.04 Å². The fraction of sp³-hybridized carbons (Fsp3) is 1.00. The summed E-state index contributed by atoms with van der Waals surface area (Å²) in [4.78, 5) is 0. The summed E-state index contributed by atoms with van der Waals surface area (Å²) in [5.41, 5.74) is 6.12. The predicted molar refractivity (Wildman–Crippen MR) is 32.6 cm³/mol. The van der Waals surface area contributed by atoms with Crippen molar-refractivity contribution in [2.24, 2.45) is 5.73 Å². The van der Waals surface area contributed by atoms with Crippen LogP contribution in [0.2, 0.25) is 0 Å². The van der Waals surface area contributed by atoms with Crippen molar-refractivity contribution in [3.63, 3.8) is 0 Å². The van der Waals surface area contributed by atoms with Crippen LogP contribution in [-0.2, 0) is 0 Å². The molecule has 46 valence electrons. The molecule has 1 saturated heterocycles. The van der Waals surface area contributed by atoms with Crippen molar-refractivity contribution in [3.05, 3.63) is 0 Å². The van der Waals surface area contributed by atoms with E-state index in [2.05, 4.69) is 5.32 Å². The Kier molecular flexibility index (Phi) is 0.746. The van der Waals surface area contributed by atoms with Crippen LogP contribution in [-0.4, -0.2) is 18.1 Å². The Balaban J connectivity index is 1.95. The van der Waals surface area contributed by atoms with Gasteiger partial charge in [0.05, 0.1) is 0 Å². The Morgan fingerprint density at radius 1 is 1.50 bits per heavy atom. The number of hydrogen-bond donors (Lipinski definition) is 2. The fourth-order valence-electron chi connectivity index (χ4n) is 1.27. The highest BCUT2D eigenvalue weighted by atomic mass is 15.1. The SMILES string of the molecule is NC1(C2CCN2)CC1. The van der Waals surface area contributed by atoms with E-state index in [9.17, 15) is 0 Å². The van der Waals surface area contributed by atoms with E-state index < -0.39 is 0 Å². The molecule has 2 nitrogen and oxygen atoms in total. The second kappa shape index (κ2) is 1.25. The minimum atomic E-state index is 0.234. The maximum atomic E-state index is 5.89. The van der Waals surface area contributed by atoms with Crippen LogP contribution in [0.5, 0.6) is 0 Å². The maximum absolute atomic E-state index is 5.89. The van der Waals surface area contributed by atoms with Gasteiger partial charge in [-0.25, -0.2) is 0 Å². The van der Waals surface area contributed by atoms with Gasteiger partial charge in [0.15, 0.2) is 0 Å². The Morgan fingerprint density at radius 2 is 2.12 bits per heavy atom. The minimum Gasteiger partial charge on any atom is -0.324 e. The van der Waals surface area contributed by atoms with Gasteiger partial charge < -0.3 is 11.1 Å². The third-order valence-electron chi connectivity index (χ3n) is 2.35. The van der Waals surface area contributed by atoms with Gasteiger partial charge in [0.25, 0.3) is 0 Å². The quantitative estimate of drug-likeness (QED) is 0.494. The first kappa shape index (κ1) is 4.77. The second-order valence-electron chi connectivity index (χ2n) is 3.03. The van der Waals surface area contributed by atoms with E-state index in [-0.39, 0.29) is 5.54 Å². The van der Waals surface area contributed by atoms with Gasteiger partial charge in [-0.05, 0) is 25.8 Å². The predicted octanol–water partition coefficient (Wildman–Crippen LogP) is -0.160. The van der Waals surface area contributed by atoms with Gasteiger partial charge >= 0.3 is 0 Å². The molecule has 1 heterocycles. The third kappa shape index (κ3) is 0.501. The van der Waals surface area contributed by atoms with E-state index in [1.807, 2.05) is 0 Å². The molecular formula is C6H12N2. The average molecular weight is 112 g/mol. The zero-order valence-corrected chi connectivity index (χ0v) is 4.98. The standard InChI is InChI=1S/C6H12N2/c7-6(2-3-6)5-1-4-8-5/h5,8H,1-4,7H2. The molecule has 0 amide bonds. The largest absolute Gasteiger partial charge is 0.324 e. The molecule has 2 aliphatic rings. The van der Waals surface area contributed by atoms with Gasteiger partial charge in [-0.3, -0.25) is 0 Å². The van der Waals surface area contributed by atoms with E-state index >= 15 is 0 Å². The molecule has 0 aromatic carbocycles. The molecule has 8 heavy (non-hydrogen) atoms. The Labute approximate surface area is 49.4 Å². The topological polar surface area (TPSA) is 38.0 Å². The number of hydrogen-bond acceptors (Lipinski definition) is 2. The second-order valence-corrected chi connectivity index (χ2v) is 3.03. The molecule has 1 aliphatic heterocycles. The summed E-state index contributed by atoms with van der Waals surface area (Å²) in [6, 6.07) is 0.669. The molecule has 1 aliphatic carbocycles. The maximum Gasteiger partial charge on any atom is 0.0311 e. The summed E-state index contributed by atoms with van der Waals surface area (Å²) in [5, 5.41) is 3.32. The normalized spacial score (nSPS) is 40.9. The van der Waals surface area contributed by atoms with E-state index in [0.717, 1.165) is 0 Å². The van der Waals surface area contributed by atoms with Crippen molar-refractivity contribution in [1.29, 1.82) is 0 Å². The number of nitrogens with two attached hydrogens (primary N) is 1. The van der Waals surface area contributed by atoms with Gasteiger partial charge in [-0.2, -0.15) is 0 Å². The van der Waals surface area contributed by atoms with Crippen molar-refractivity contribution in [3.8, 4) is 0 Å². The molecule has 2 heteroatoms. The van der Waals surface area contributed by atoms with Crippen LogP contribution in [0.4, 0.5) is 0 Å². The van der Waals surface area contributed by atoms with Crippen LogP contribution < -0.4 is 11.1 Å². The Morgan fingerprint density at radius 3 is 2.25 bits per heavy atom. The lowest BCUT2D eigenvalue weighted by Crippen LogP contribution is -2.55. The van der Waals surface area contributed by atoms with Crippen molar-refractivity contribution in [2.75, 3.05) is 6.54 Å².